The molecule has 1 aromatic carbocycles. The summed E-state index contributed by atoms with van der Waals surface area (Å²) in [7, 11) is 0. The number of alkyl halides is 1. The topological polar surface area (TPSA) is 0 Å². The van der Waals surface area contributed by atoms with Gasteiger partial charge in [0.25, 0.3) is 0 Å². The largest absolute Gasteiger partial charge is 0.234 e. The van der Waals surface area contributed by atoms with Crippen LogP contribution in [-0.2, 0) is 5.67 Å². The Bertz CT molecular complexity index is 517. The number of rotatable bonds is 3. The lowest BCUT2D eigenvalue weighted by Gasteiger charge is -2.29. The summed E-state index contributed by atoms with van der Waals surface area (Å²) in [5.41, 5.74) is 0.869. The number of halogens is 1. The zero-order chi connectivity index (χ0) is 14.7. The van der Waals surface area contributed by atoms with Gasteiger partial charge >= 0.3 is 0 Å². The van der Waals surface area contributed by atoms with Crippen LogP contribution in [0.3, 0.4) is 0 Å². The number of hydrogen-bond donors (Lipinski definition) is 0. The van der Waals surface area contributed by atoms with Crippen molar-refractivity contribution < 1.29 is 4.39 Å². The monoisotopic (exact) mass is 284 g/mol. The molecule has 112 valence electrons. The Hall–Kier alpha value is -1.37. The van der Waals surface area contributed by atoms with Crippen LogP contribution in [0.2, 0.25) is 0 Å². The van der Waals surface area contributed by atoms with Gasteiger partial charge in [-0.05, 0) is 54.7 Å². The maximum absolute atomic E-state index is 14.8. The van der Waals surface area contributed by atoms with Crippen LogP contribution >= 0.6 is 0 Å². The van der Waals surface area contributed by atoms with Crippen LogP contribution in [0, 0.1) is 5.92 Å². The van der Waals surface area contributed by atoms with Crippen molar-refractivity contribution in [2.75, 3.05) is 0 Å². The Balaban J connectivity index is 1.70. The van der Waals surface area contributed by atoms with Gasteiger partial charge in [-0.15, -0.1) is 0 Å². The zero-order valence-electron chi connectivity index (χ0n) is 12.9. The minimum Gasteiger partial charge on any atom is -0.234 e. The molecule has 0 heterocycles. The maximum atomic E-state index is 14.8. The van der Waals surface area contributed by atoms with Crippen LogP contribution in [0.25, 0.3) is 0 Å². The van der Waals surface area contributed by atoms with E-state index in [2.05, 4.69) is 19.1 Å². The van der Waals surface area contributed by atoms with E-state index in [4.69, 9.17) is 0 Å². The molecule has 2 aliphatic rings. The van der Waals surface area contributed by atoms with Gasteiger partial charge in [0.05, 0.1) is 0 Å². The van der Waals surface area contributed by atoms with Crippen molar-refractivity contribution in [2.24, 2.45) is 5.92 Å². The summed E-state index contributed by atoms with van der Waals surface area (Å²) in [6, 6.07) is 8.29. The van der Waals surface area contributed by atoms with Crippen molar-refractivity contribution in [3.8, 4) is 0 Å². The molecule has 0 nitrogen and oxygen atoms in total. The fourth-order valence-electron chi connectivity index (χ4n) is 3.74. The van der Waals surface area contributed by atoms with Crippen LogP contribution in [0.15, 0.2) is 48.6 Å². The van der Waals surface area contributed by atoms with Gasteiger partial charge in [-0.3, -0.25) is 0 Å². The first kappa shape index (κ1) is 14.6. The van der Waals surface area contributed by atoms with Crippen LogP contribution in [0.5, 0.6) is 0 Å². The minimum absolute atomic E-state index is 0.449. The van der Waals surface area contributed by atoms with Gasteiger partial charge in [-0.1, -0.05) is 55.8 Å². The van der Waals surface area contributed by atoms with Crippen molar-refractivity contribution in [2.45, 2.75) is 57.0 Å². The molecule has 0 bridgehead atoms. The van der Waals surface area contributed by atoms with Crippen molar-refractivity contribution >= 4 is 0 Å². The Labute approximate surface area is 127 Å². The summed E-state index contributed by atoms with van der Waals surface area (Å²) >= 11 is 0. The smallest absolute Gasteiger partial charge is 0.157 e. The maximum Gasteiger partial charge on any atom is 0.157 e. The quantitative estimate of drug-likeness (QED) is 0.633. The highest BCUT2D eigenvalue weighted by Gasteiger charge is 2.29. The Kier molecular flexibility index (Phi) is 4.28. The third-order valence-corrected chi connectivity index (χ3v) is 5.31. The summed E-state index contributed by atoms with van der Waals surface area (Å²) in [4.78, 5) is 0. The van der Waals surface area contributed by atoms with E-state index in [0.29, 0.717) is 12.3 Å². The number of allylic oxidation sites excluding steroid dienone is 4. The lowest BCUT2D eigenvalue weighted by atomic mass is 9.77. The van der Waals surface area contributed by atoms with Crippen molar-refractivity contribution in [3.63, 3.8) is 0 Å². The summed E-state index contributed by atoms with van der Waals surface area (Å²) in [6.45, 7) is 2.30. The van der Waals surface area contributed by atoms with E-state index in [-0.39, 0.29) is 0 Å². The molecule has 0 aliphatic heterocycles. The molecule has 1 heteroatoms. The third-order valence-electron chi connectivity index (χ3n) is 5.31. The summed E-state index contributed by atoms with van der Waals surface area (Å²) in [5, 5.41) is 0. The highest BCUT2D eigenvalue weighted by molar-refractivity contribution is 5.35. The Morgan fingerprint density at radius 2 is 1.76 bits per heavy atom. The Morgan fingerprint density at radius 3 is 2.33 bits per heavy atom. The molecule has 0 amide bonds. The highest BCUT2D eigenvalue weighted by atomic mass is 19.1. The minimum atomic E-state index is -1.31. The lowest BCUT2D eigenvalue weighted by molar-refractivity contribution is 0.235. The molecule has 0 aromatic heterocycles. The zero-order valence-corrected chi connectivity index (χ0v) is 12.9. The lowest BCUT2D eigenvalue weighted by Crippen LogP contribution is -2.18. The fraction of sp³-hybridized carbons (Fsp3) is 0.500. The van der Waals surface area contributed by atoms with Gasteiger partial charge in [-0.25, -0.2) is 4.39 Å². The molecule has 0 radical (unpaired) electrons. The summed E-state index contributed by atoms with van der Waals surface area (Å²) < 4.78 is 14.8. The fourth-order valence-corrected chi connectivity index (χ4v) is 3.74. The molecule has 21 heavy (non-hydrogen) atoms. The van der Waals surface area contributed by atoms with E-state index in [1.807, 2.05) is 30.4 Å². The van der Waals surface area contributed by atoms with Crippen LogP contribution in [-0.4, -0.2) is 0 Å². The normalized spacial score (nSPS) is 32.3. The molecule has 3 rings (SSSR count). The van der Waals surface area contributed by atoms with Crippen LogP contribution in [0.4, 0.5) is 4.39 Å². The molecule has 0 spiro atoms. The molecule has 0 saturated heterocycles. The predicted molar refractivity (Wildman–Crippen MR) is 87.1 cm³/mol. The molecule has 1 saturated carbocycles. The van der Waals surface area contributed by atoms with Gasteiger partial charge in [-0.2, -0.15) is 0 Å². The summed E-state index contributed by atoms with van der Waals surface area (Å²) in [6.07, 6.45) is 14.4. The van der Waals surface area contributed by atoms with Crippen LogP contribution < -0.4 is 0 Å². The predicted octanol–water partition coefficient (Wildman–Crippen LogP) is 6.05. The van der Waals surface area contributed by atoms with Crippen molar-refractivity contribution in [1.29, 1.82) is 0 Å². The molecule has 2 aliphatic carbocycles. The number of hydrogen-bond acceptors (Lipinski definition) is 0. The standard InChI is InChI=1S/C20H25F/c1-2-16-6-8-17(9-7-16)18-10-12-19(13-11-18)20(21)14-4-3-5-15-20/h3-5,10-14,16-17H,2,6-9,15H2,1H3. The first-order chi connectivity index (χ1) is 10.2. The average Bonchev–Trinajstić information content (AvgIpc) is 2.56. The highest BCUT2D eigenvalue weighted by Crippen LogP contribution is 2.39. The third kappa shape index (κ3) is 3.12. The van der Waals surface area contributed by atoms with Crippen LogP contribution in [0.1, 0.15) is 62.5 Å². The molecule has 1 aromatic rings. The van der Waals surface area contributed by atoms with E-state index >= 15 is 0 Å². The van der Waals surface area contributed by atoms with Gasteiger partial charge in [0.2, 0.25) is 0 Å². The molecule has 1 atom stereocenters. The van der Waals surface area contributed by atoms with Gasteiger partial charge in [0, 0.05) is 6.42 Å². The van der Waals surface area contributed by atoms with Crippen molar-refractivity contribution in [3.05, 3.63) is 59.7 Å². The number of benzene rings is 1. The second kappa shape index (κ2) is 6.17. The van der Waals surface area contributed by atoms with Gasteiger partial charge in [0.15, 0.2) is 5.67 Å². The van der Waals surface area contributed by atoms with E-state index in [0.717, 1.165) is 11.5 Å². The van der Waals surface area contributed by atoms with Gasteiger partial charge in [0.1, 0.15) is 0 Å². The second-order valence-corrected chi connectivity index (χ2v) is 6.60. The first-order valence-electron chi connectivity index (χ1n) is 8.35. The Morgan fingerprint density at radius 1 is 1.05 bits per heavy atom. The van der Waals surface area contributed by atoms with Gasteiger partial charge < -0.3 is 0 Å². The average molecular weight is 284 g/mol. The SMILES string of the molecule is CCC1CCC(c2ccc(C3(F)C=CC=CC3)cc2)CC1. The second-order valence-electron chi connectivity index (χ2n) is 6.60. The molecule has 1 unspecified atom stereocenters. The van der Waals surface area contributed by atoms with Crippen molar-refractivity contribution in [1.82, 2.24) is 0 Å². The van der Waals surface area contributed by atoms with E-state index < -0.39 is 5.67 Å². The summed E-state index contributed by atoms with van der Waals surface area (Å²) in [5.74, 6) is 1.60. The van der Waals surface area contributed by atoms with E-state index in [1.165, 1.54) is 37.7 Å². The molecular weight excluding hydrogens is 259 g/mol. The van der Waals surface area contributed by atoms with E-state index in [9.17, 15) is 4.39 Å². The molecule has 0 N–H and O–H groups in total. The molecular formula is C20H25F. The molecule has 1 fully saturated rings. The van der Waals surface area contributed by atoms with E-state index in [1.54, 1.807) is 6.08 Å². The first-order valence-corrected chi connectivity index (χ1v) is 8.35.